The Morgan fingerprint density at radius 3 is 2.91 bits per heavy atom. The quantitative estimate of drug-likeness (QED) is 0.501. The first kappa shape index (κ1) is 7.06. The van der Waals surface area contributed by atoms with E-state index in [4.69, 9.17) is 14.2 Å². The molecule has 0 bridgehead atoms. The molecule has 0 aromatic heterocycles. The Kier molecular flexibility index (Phi) is 1.79. The molecule has 4 heteroatoms. The fourth-order valence-corrected chi connectivity index (χ4v) is 1.43. The Labute approximate surface area is 64.4 Å². The zero-order valence-electron chi connectivity index (χ0n) is 6.12. The average molecular weight is 158 g/mol. The van der Waals surface area contributed by atoms with Gasteiger partial charge in [0.1, 0.15) is 6.79 Å². The van der Waals surface area contributed by atoms with Crippen LogP contribution >= 0.6 is 0 Å². The van der Waals surface area contributed by atoms with Crippen LogP contribution < -0.4 is 0 Å². The Morgan fingerprint density at radius 2 is 2.36 bits per heavy atom. The summed E-state index contributed by atoms with van der Waals surface area (Å²) in [6, 6.07) is 0. The molecule has 4 nitrogen and oxygen atoms in total. The summed E-state index contributed by atoms with van der Waals surface area (Å²) < 4.78 is 15.0. The number of hydrogen-bond donors (Lipinski definition) is 0. The van der Waals surface area contributed by atoms with Crippen molar-refractivity contribution in [3.8, 4) is 0 Å². The number of carbonyl (C=O) groups is 1. The second kappa shape index (κ2) is 2.79. The molecule has 0 N–H and O–H groups in total. The van der Waals surface area contributed by atoms with Crippen LogP contribution in [-0.2, 0) is 19.0 Å². The van der Waals surface area contributed by atoms with Gasteiger partial charge in [-0.15, -0.1) is 0 Å². The molecular weight excluding hydrogens is 148 g/mol. The predicted octanol–water partition coefficient (Wildman–Crippen LogP) is -0.0776. The maximum Gasteiger partial charge on any atom is 0.311 e. The van der Waals surface area contributed by atoms with E-state index in [2.05, 4.69) is 0 Å². The Morgan fingerprint density at radius 1 is 1.45 bits per heavy atom. The van der Waals surface area contributed by atoms with Gasteiger partial charge in [-0.05, 0) is 6.42 Å². The van der Waals surface area contributed by atoms with E-state index in [0.29, 0.717) is 20.0 Å². The summed E-state index contributed by atoms with van der Waals surface area (Å²) >= 11 is 0. The van der Waals surface area contributed by atoms with Gasteiger partial charge in [0.25, 0.3) is 0 Å². The van der Waals surface area contributed by atoms with Crippen molar-refractivity contribution >= 4 is 5.97 Å². The van der Waals surface area contributed by atoms with E-state index in [9.17, 15) is 4.79 Å². The predicted molar refractivity (Wildman–Crippen MR) is 34.8 cm³/mol. The van der Waals surface area contributed by atoms with Gasteiger partial charge in [-0.1, -0.05) is 0 Å². The minimum Gasteiger partial charge on any atom is -0.465 e. The second-order valence-corrected chi connectivity index (χ2v) is 2.76. The number of ether oxygens (including phenoxy) is 3. The molecule has 2 unspecified atom stereocenters. The summed E-state index contributed by atoms with van der Waals surface area (Å²) in [5.41, 5.74) is 0. The lowest BCUT2D eigenvalue weighted by molar-refractivity contribution is -0.144. The largest absolute Gasteiger partial charge is 0.465 e. The number of hydrogen-bond acceptors (Lipinski definition) is 4. The first-order valence-corrected chi connectivity index (χ1v) is 3.74. The molecule has 2 rings (SSSR count). The molecular formula is C7H10O4. The summed E-state index contributed by atoms with van der Waals surface area (Å²) in [5.74, 6) is -0.224. The van der Waals surface area contributed by atoms with E-state index < -0.39 is 0 Å². The van der Waals surface area contributed by atoms with Crippen LogP contribution in [0.5, 0.6) is 0 Å². The SMILES string of the molecule is O=C1OCCC1C1COCO1. The molecule has 2 aliphatic rings. The molecule has 2 saturated heterocycles. The number of cyclic esters (lactones) is 1. The number of rotatable bonds is 1. The standard InChI is InChI=1S/C7H10O4/c8-7-5(1-2-10-7)6-3-9-4-11-6/h5-6H,1-4H2. The van der Waals surface area contributed by atoms with Crippen molar-refractivity contribution in [1.82, 2.24) is 0 Å². The van der Waals surface area contributed by atoms with Gasteiger partial charge in [0, 0.05) is 0 Å². The van der Waals surface area contributed by atoms with Crippen molar-refractivity contribution < 1.29 is 19.0 Å². The zero-order valence-corrected chi connectivity index (χ0v) is 6.12. The molecule has 0 saturated carbocycles. The van der Waals surface area contributed by atoms with Crippen molar-refractivity contribution in [1.29, 1.82) is 0 Å². The van der Waals surface area contributed by atoms with Gasteiger partial charge in [0.05, 0.1) is 25.2 Å². The molecule has 11 heavy (non-hydrogen) atoms. The summed E-state index contributed by atoms with van der Waals surface area (Å²) in [7, 11) is 0. The lowest BCUT2D eigenvalue weighted by Crippen LogP contribution is -2.26. The molecule has 2 heterocycles. The van der Waals surface area contributed by atoms with Gasteiger partial charge in [-0.3, -0.25) is 4.79 Å². The number of carbonyl (C=O) groups excluding carboxylic acids is 1. The highest BCUT2D eigenvalue weighted by Gasteiger charge is 2.37. The second-order valence-electron chi connectivity index (χ2n) is 2.76. The molecule has 0 spiro atoms. The molecule has 0 aromatic rings. The van der Waals surface area contributed by atoms with Crippen LogP contribution in [0.4, 0.5) is 0 Å². The van der Waals surface area contributed by atoms with Crippen LogP contribution in [0.2, 0.25) is 0 Å². The third-order valence-corrected chi connectivity index (χ3v) is 2.07. The van der Waals surface area contributed by atoms with Crippen LogP contribution in [0.15, 0.2) is 0 Å². The Hall–Kier alpha value is -0.610. The molecule has 0 aliphatic carbocycles. The van der Waals surface area contributed by atoms with Gasteiger partial charge in [0.15, 0.2) is 0 Å². The van der Waals surface area contributed by atoms with Crippen LogP contribution in [0.3, 0.4) is 0 Å². The van der Waals surface area contributed by atoms with E-state index in [-0.39, 0.29) is 18.0 Å². The lowest BCUT2D eigenvalue weighted by atomic mass is 10.0. The highest BCUT2D eigenvalue weighted by molar-refractivity contribution is 5.74. The van der Waals surface area contributed by atoms with Crippen molar-refractivity contribution in [2.75, 3.05) is 20.0 Å². The van der Waals surface area contributed by atoms with Gasteiger partial charge >= 0.3 is 5.97 Å². The maximum atomic E-state index is 11.0. The summed E-state index contributed by atoms with van der Waals surface area (Å²) in [6.45, 7) is 1.37. The van der Waals surface area contributed by atoms with Crippen LogP contribution in [0, 0.1) is 5.92 Å². The van der Waals surface area contributed by atoms with E-state index in [1.165, 1.54) is 0 Å². The Balaban J connectivity index is 1.97. The highest BCUT2D eigenvalue weighted by atomic mass is 16.7. The van der Waals surface area contributed by atoms with Crippen molar-refractivity contribution in [3.05, 3.63) is 0 Å². The van der Waals surface area contributed by atoms with Crippen LogP contribution in [0.1, 0.15) is 6.42 Å². The first-order chi connectivity index (χ1) is 5.38. The van der Waals surface area contributed by atoms with Crippen LogP contribution in [-0.4, -0.2) is 32.1 Å². The van der Waals surface area contributed by atoms with Crippen molar-refractivity contribution in [3.63, 3.8) is 0 Å². The van der Waals surface area contributed by atoms with E-state index in [0.717, 1.165) is 6.42 Å². The average Bonchev–Trinajstić information content (AvgIpc) is 2.55. The molecule has 0 radical (unpaired) electrons. The van der Waals surface area contributed by atoms with Crippen molar-refractivity contribution in [2.45, 2.75) is 12.5 Å². The summed E-state index contributed by atoms with van der Waals surface area (Å²) in [4.78, 5) is 11.0. The van der Waals surface area contributed by atoms with E-state index in [1.807, 2.05) is 0 Å². The monoisotopic (exact) mass is 158 g/mol. The summed E-state index contributed by atoms with van der Waals surface area (Å²) in [5, 5.41) is 0. The third kappa shape index (κ3) is 1.23. The lowest BCUT2D eigenvalue weighted by Gasteiger charge is -2.10. The van der Waals surface area contributed by atoms with E-state index in [1.54, 1.807) is 0 Å². The van der Waals surface area contributed by atoms with Gasteiger partial charge in [-0.2, -0.15) is 0 Å². The normalized spacial score (nSPS) is 37.6. The molecule has 2 fully saturated rings. The molecule has 2 atom stereocenters. The molecule has 62 valence electrons. The first-order valence-electron chi connectivity index (χ1n) is 3.74. The van der Waals surface area contributed by atoms with Crippen molar-refractivity contribution in [2.24, 2.45) is 5.92 Å². The summed E-state index contributed by atoms with van der Waals surface area (Å²) in [6.07, 6.45) is 0.706. The molecule has 0 amide bonds. The fourth-order valence-electron chi connectivity index (χ4n) is 1.43. The molecule has 2 aliphatic heterocycles. The fraction of sp³-hybridized carbons (Fsp3) is 0.857. The number of esters is 1. The third-order valence-electron chi connectivity index (χ3n) is 2.07. The zero-order chi connectivity index (χ0) is 7.68. The van der Waals surface area contributed by atoms with Gasteiger partial charge in [0.2, 0.25) is 0 Å². The minimum atomic E-state index is -0.138. The Bertz CT molecular complexity index is 162. The van der Waals surface area contributed by atoms with Crippen LogP contribution in [0.25, 0.3) is 0 Å². The molecule has 0 aromatic carbocycles. The highest BCUT2D eigenvalue weighted by Crippen LogP contribution is 2.23. The van der Waals surface area contributed by atoms with Gasteiger partial charge < -0.3 is 14.2 Å². The maximum absolute atomic E-state index is 11.0. The van der Waals surface area contributed by atoms with Gasteiger partial charge in [-0.25, -0.2) is 0 Å². The van der Waals surface area contributed by atoms with E-state index >= 15 is 0 Å². The topological polar surface area (TPSA) is 44.8 Å². The smallest absolute Gasteiger partial charge is 0.311 e. The minimum absolute atomic E-state index is 0.0648.